The molecule has 0 bridgehead atoms. The summed E-state index contributed by atoms with van der Waals surface area (Å²) in [5.74, 6) is 0. The number of rotatable bonds is 0. The van der Waals surface area contributed by atoms with Crippen LogP contribution in [0.2, 0.25) is 0 Å². The van der Waals surface area contributed by atoms with Gasteiger partial charge in [-0.25, -0.2) is 0 Å². The summed E-state index contributed by atoms with van der Waals surface area (Å²) in [6.45, 7) is 31.5. The van der Waals surface area contributed by atoms with Crippen LogP contribution in [0.4, 0.5) is 0 Å². The molecule has 0 aromatic carbocycles. The molecule has 0 atom stereocenters. The van der Waals surface area contributed by atoms with Gasteiger partial charge in [0, 0.05) is 18.6 Å². The minimum Gasteiger partial charge on any atom is -0.281 e. The van der Waals surface area contributed by atoms with E-state index in [-0.39, 0.29) is 18.6 Å². The van der Waals surface area contributed by atoms with Crippen LogP contribution in [0.15, 0.2) is 0 Å². The first-order valence-corrected chi connectivity index (χ1v) is 1.43. The van der Waals surface area contributed by atoms with E-state index in [1.165, 1.54) is 0 Å². The van der Waals surface area contributed by atoms with Crippen molar-refractivity contribution >= 4 is 47.5 Å². The number of hydrogen-bond acceptors (Lipinski definition) is 7. The van der Waals surface area contributed by atoms with Crippen LogP contribution in [0, 0.1) is 0 Å². The Morgan fingerprint density at radius 3 is 0.267 bits per heavy atom. The van der Waals surface area contributed by atoms with Gasteiger partial charge in [0.1, 0.15) is 0 Å². The first kappa shape index (κ1) is 71.9. The Kier molecular flexibility index (Phi) is 2510. The Balaban J connectivity index is -0.00000000628. The summed E-state index contributed by atoms with van der Waals surface area (Å²) < 4.78 is 0. The minimum atomic E-state index is 0. The SMILES string of the molecule is [C]=O.[C]=O.[C]=O.[C]=O.[C]=O.[C]=O.[C]=O.[V]. The third-order valence-corrected chi connectivity index (χ3v) is 0. The van der Waals surface area contributed by atoms with Crippen LogP contribution in [-0.4, -0.2) is 47.5 Å². The molecule has 0 unspecified atom stereocenters. The van der Waals surface area contributed by atoms with E-state index < -0.39 is 0 Å². The molecule has 15 heavy (non-hydrogen) atoms. The second kappa shape index (κ2) is 524. The molecule has 0 aromatic rings. The Morgan fingerprint density at radius 2 is 0.267 bits per heavy atom. The first-order valence-electron chi connectivity index (χ1n) is 1.43. The number of carbonyl (C=O) groups excluding carboxylic acids is 7. The van der Waals surface area contributed by atoms with Crippen molar-refractivity contribution in [2.45, 2.75) is 0 Å². The van der Waals surface area contributed by atoms with Crippen molar-refractivity contribution < 1.29 is 52.1 Å². The van der Waals surface area contributed by atoms with E-state index in [0.717, 1.165) is 0 Å². The van der Waals surface area contributed by atoms with Crippen molar-refractivity contribution in [3.8, 4) is 0 Å². The topological polar surface area (TPSA) is 119 Å². The van der Waals surface area contributed by atoms with E-state index in [9.17, 15) is 0 Å². The molecule has 0 amide bonds. The molecule has 0 N–H and O–H groups in total. The smallest absolute Gasteiger partial charge is 0.281 e. The van der Waals surface area contributed by atoms with Gasteiger partial charge in [-0.3, -0.25) is 33.6 Å². The molecule has 0 saturated carbocycles. The third-order valence-electron chi connectivity index (χ3n) is 0. The van der Waals surface area contributed by atoms with Gasteiger partial charge in [-0.15, -0.1) is 0 Å². The molecular weight excluding hydrogens is 247 g/mol. The predicted molar refractivity (Wildman–Crippen MR) is 39.9 cm³/mol. The molecule has 8 heteroatoms. The van der Waals surface area contributed by atoms with Crippen molar-refractivity contribution in [2.24, 2.45) is 0 Å². The fraction of sp³-hybridized carbons (Fsp3) is 0. The first-order chi connectivity index (χ1) is 7.00. The van der Waals surface area contributed by atoms with Crippen molar-refractivity contribution in [3.63, 3.8) is 0 Å². The second-order valence-corrected chi connectivity index (χ2v) is 0. The molecule has 0 aliphatic heterocycles. The van der Waals surface area contributed by atoms with Crippen LogP contribution in [0.1, 0.15) is 0 Å². The minimum absolute atomic E-state index is 0. The van der Waals surface area contributed by atoms with Crippen molar-refractivity contribution in [2.75, 3.05) is 0 Å². The van der Waals surface area contributed by atoms with E-state index in [4.69, 9.17) is 33.6 Å². The fourth-order valence-electron chi connectivity index (χ4n) is 0. The predicted octanol–water partition coefficient (Wildman–Crippen LogP) is -2.78. The number of hydrogen-bond donors (Lipinski definition) is 0. The van der Waals surface area contributed by atoms with E-state index in [1.807, 2.05) is 0 Å². The van der Waals surface area contributed by atoms with E-state index in [1.54, 1.807) is 0 Å². The van der Waals surface area contributed by atoms with Crippen LogP contribution >= 0.6 is 0 Å². The van der Waals surface area contributed by atoms with Gasteiger partial charge in [0.15, 0.2) is 0 Å². The normalized spacial score (nSPS) is 1.87. The molecule has 0 aliphatic carbocycles. The summed E-state index contributed by atoms with van der Waals surface area (Å²) in [5.41, 5.74) is 0. The molecular formula is C7O7V. The Hall–Kier alpha value is -1.73. The molecule has 15 radical (unpaired) electrons. The van der Waals surface area contributed by atoms with Gasteiger partial charge in [-0.2, -0.15) is 0 Å². The van der Waals surface area contributed by atoms with Crippen LogP contribution in [0.25, 0.3) is 0 Å². The van der Waals surface area contributed by atoms with Crippen LogP contribution in [-0.2, 0) is 52.1 Å². The van der Waals surface area contributed by atoms with E-state index in [0.29, 0.717) is 0 Å². The maximum atomic E-state index is 7.50. The largest absolute Gasteiger partial charge is 0.281 e. The third kappa shape index (κ3) is 435. The maximum Gasteiger partial charge on any atom is 0.281 e. The van der Waals surface area contributed by atoms with Gasteiger partial charge in [-0.05, 0) is 0 Å². The molecule has 0 heterocycles. The van der Waals surface area contributed by atoms with Gasteiger partial charge < -0.3 is 0 Å². The van der Waals surface area contributed by atoms with Gasteiger partial charge in [0.2, 0.25) is 0 Å². The van der Waals surface area contributed by atoms with Crippen molar-refractivity contribution in [3.05, 3.63) is 0 Å². The summed E-state index contributed by atoms with van der Waals surface area (Å²) in [6.07, 6.45) is 0. The van der Waals surface area contributed by atoms with Gasteiger partial charge >= 0.3 is 0 Å². The van der Waals surface area contributed by atoms with E-state index >= 15 is 0 Å². The monoisotopic (exact) mass is 247 g/mol. The van der Waals surface area contributed by atoms with Gasteiger partial charge in [-0.1, -0.05) is 0 Å². The standard InChI is InChI=1S/7CO.V/c7*1-2;. The zero-order valence-corrected chi connectivity index (χ0v) is 8.20. The Morgan fingerprint density at radius 1 is 0.267 bits per heavy atom. The van der Waals surface area contributed by atoms with E-state index in [2.05, 4.69) is 47.5 Å². The Labute approximate surface area is 100 Å². The van der Waals surface area contributed by atoms with Crippen LogP contribution in [0.3, 0.4) is 0 Å². The molecule has 0 aromatic heterocycles. The van der Waals surface area contributed by atoms with Gasteiger partial charge in [0.25, 0.3) is 47.5 Å². The molecule has 0 aliphatic rings. The summed E-state index contributed by atoms with van der Waals surface area (Å²) in [5, 5.41) is 0. The van der Waals surface area contributed by atoms with Crippen molar-refractivity contribution in [1.82, 2.24) is 0 Å². The quantitative estimate of drug-likeness (QED) is 0.454. The molecule has 0 fully saturated rings. The molecule has 0 spiro atoms. The maximum absolute atomic E-state index is 7.50. The Bertz CT molecular complexity index is 39.0. The fourth-order valence-corrected chi connectivity index (χ4v) is 0. The molecule has 7 nitrogen and oxygen atoms in total. The van der Waals surface area contributed by atoms with Gasteiger partial charge in [0.05, 0.1) is 0 Å². The van der Waals surface area contributed by atoms with Crippen LogP contribution in [0.5, 0.6) is 0 Å². The van der Waals surface area contributed by atoms with Crippen LogP contribution < -0.4 is 0 Å². The molecule has 75 valence electrons. The summed E-state index contributed by atoms with van der Waals surface area (Å²) in [4.78, 5) is 52.5. The summed E-state index contributed by atoms with van der Waals surface area (Å²) in [7, 11) is 0. The molecule has 0 saturated heterocycles. The summed E-state index contributed by atoms with van der Waals surface area (Å²) in [6, 6.07) is 0. The van der Waals surface area contributed by atoms with Crippen molar-refractivity contribution in [1.29, 1.82) is 0 Å². The molecule has 0 rings (SSSR count). The average Bonchev–Trinajstić information content (AvgIpc) is 2.45. The second-order valence-electron chi connectivity index (χ2n) is 0. The zero-order valence-electron chi connectivity index (χ0n) is 6.80. The zero-order chi connectivity index (χ0) is 14.0. The summed E-state index contributed by atoms with van der Waals surface area (Å²) >= 11 is 0. The average molecular weight is 247 g/mol.